The van der Waals surface area contributed by atoms with E-state index in [-0.39, 0.29) is 33.4 Å². The molecule has 2 aromatic carbocycles. The van der Waals surface area contributed by atoms with Crippen molar-refractivity contribution in [3.63, 3.8) is 0 Å². The number of hydrogen-bond donors (Lipinski definition) is 2. The molecule has 0 unspecified atom stereocenters. The third kappa shape index (κ3) is 9.63. The third-order valence-corrected chi connectivity index (χ3v) is 13.1. The first-order chi connectivity index (χ1) is 20.2. The maximum atomic E-state index is 12.1. The predicted molar refractivity (Wildman–Crippen MR) is 185 cm³/mol. The number of rotatable bonds is 8. The van der Waals surface area contributed by atoms with E-state index in [1.54, 1.807) is 27.7 Å². The van der Waals surface area contributed by atoms with Gasteiger partial charge in [-0.2, -0.15) is 0 Å². The summed E-state index contributed by atoms with van der Waals surface area (Å²) in [6.07, 6.45) is 6.13. The Kier molecular flexibility index (Phi) is 12.0. The van der Waals surface area contributed by atoms with Crippen LogP contribution in [-0.4, -0.2) is 39.4 Å². The summed E-state index contributed by atoms with van der Waals surface area (Å²) in [4.78, 5) is 0. The largest absolute Gasteiger partial charge is 0.214 e. The minimum absolute atomic E-state index is 0.0351. The van der Waals surface area contributed by atoms with Crippen molar-refractivity contribution in [2.24, 2.45) is 0 Å². The molecule has 2 saturated carbocycles. The van der Waals surface area contributed by atoms with Crippen molar-refractivity contribution < 1.29 is 16.8 Å². The van der Waals surface area contributed by atoms with E-state index in [1.165, 1.54) is 22.3 Å². The minimum atomic E-state index is -3.20. The first kappa shape index (κ1) is 36.7. The standard InChI is InChI=1S/2C18H29NO2S/c2*1-13(2)22(20,21)19-17-8-6-7-16(17)14-9-11-15(12-10-14)18(3,4)5/h2*9-13,16-17,19H,6-8H2,1-5H3/t16-,17+;16-,17-/m11/s1. The number of sulfonamides is 2. The normalized spacial score (nSPS) is 23.2. The molecule has 44 heavy (non-hydrogen) atoms. The lowest BCUT2D eigenvalue weighted by molar-refractivity contribution is 0.518. The van der Waals surface area contributed by atoms with E-state index >= 15 is 0 Å². The Morgan fingerprint density at radius 2 is 0.841 bits per heavy atom. The maximum Gasteiger partial charge on any atom is 0.214 e. The second-order valence-electron chi connectivity index (χ2n) is 15.5. The molecule has 0 aromatic heterocycles. The van der Waals surface area contributed by atoms with Crippen molar-refractivity contribution in [2.75, 3.05) is 0 Å². The van der Waals surface area contributed by atoms with Crippen LogP contribution < -0.4 is 9.44 Å². The van der Waals surface area contributed by atoms with Gasteiger partial charge in [-0.25, -0.2) is 26.3 Å². The van der Waals surface area contributed by atoms with E-state index < -0.39 is 20.0 Å². The molecule has 248 valence electrons. The number of benzene rings is 2. The van der Waals surface area contributed by atoms with Gasteiger partial charge in [-0.05, 0) is 86.5 Å². The molecule has 0 bridgehead atoms. The molecule has 0 amide bonds. The van der Waals surface area contributed by atoms with Gasteiger partial charge in [0.25, 0.3) is 0 Å². The summed E-state index contributed by atoms with van der Waals surface area (Å²) >= 11 is 0. The lowest BCUT2D eigenvalue weighted by Crippen LogP contribution is -2.40. The van der Waals surface area contributed by atoms with Crippen molar-refractivity contribution in [3.8, 4) is 0 Å². The lowest BCUT2D eigenvalue weighted by atomic mass is 9.85. The van der Waals surface area contributed by atoms with E-state index in [1.807, 2.05) is 0 Å². The van der Waals surface area contributed by atoms with E-state index in [0.29, 0.717) is 11.8 Å². The summed E-state index contributed by atoms with van der Waals surface area (Å²) in [6, 6.07) is 17.5. The fourth-order valence-electron chi connectivity index (χ4n) is 6.15. The van der Waals surface area contributed by atoms with Crippen LogP contribution in [0.4, 0.5) is 0 Å². The molecule has 2 N–H and O–H groups in total. The van der Waals surface area contributed by atoms with Crippen molar-refractivity contribution in [1.29, 1.82) is 0 Å². The summed E-state index contributed by atoms with van der Waals surface area (Å²) in [6.45, 7) is 20.1. The highest BCUT2D eigenvalue weighted by molar-refractivity contribution is 7.90. The Bertz CT molecular complexity index is 1310. The van der Waals surface area contributed by atoms with Gasteiger partial charge in [-0.3, -0.25) is 0 Å². The van der Waals surface area contributed by atoms with Crippen LogP contribution in [0, 0.1) is 0 Å². The van der Waals surface area contributed by atoms with Gasteiger partial charge in [0, 0.05) is 23.9 Å². The van der Waals surface area contributed by atoms with Crippen molar-refractivity contribution in [3.05, 3.63) is 70.8 Å². The van der Waals surface area contributed by atoms with Gasteiger partial charge in [0.05, 0.1) is 10.5 Å². The van der Waals surface area contributed by atoms with E-state index in [9.17, 15) is 16.8 Å². The van der Waals surface area contributed by atoms with Crippen LogP contribution in [0.2, 0.25) is 0 Å². The smallest absolute Gasteiger partial charge is 0.212 e. The van der Waals surface area contributed by atoms with Crippen LogP contribution in [0.1, 0.15) is 142 Å². The average Bonchev–Trinajstić information content (AvgIpc) is 3.57. The molecule has 2 aliphatic rings. The Balaban J connectivity index is 0.000000240. The summed E-state index contributed by atoms with van der Waals surface area (Å²) < 4.78 is 54.4. The van der Waals surface area contributed by atoms with Crippen LogP contribution in [0.3, 0.4) is 0 Å². The van der Waals surface area contributed by atoms with Gasteiger partial charge in [0.15, 0.2) is 0 Å². The fourth-order valence-corrected chi connectivity index (χ4v) is 8.11. The zero-order valence-corrected chi connectivity index (χ0v) is 30.4. The SMILES string of the molecule is CC(C)S(=O)(=O)N[C@@H]1CCC[C@@H]1c1ccc(C(C)(C)C)cc1.CC(C)S(=O)(=O)N[C@H]1CCC[C@@H]1c1ccc(C(C)(C)C)cc1. The molecule has 2 aliphatic carbocycles. The van der Waals surface area contributed by atoms with Crippen LogP contribution in [0.15, 0.2) is 48.5 Å². The molecule has 2 fully saturated rings. The minimum Gasteiger partial charge on any atom is -0.212 e. The molecule has 0 spiro atoms. The van der Waals surface area contributed by atoms with Crippen LogP contribution in [-0.2, 0) is 30.9 Å². The number of nitrogens with one attached hydrogen (secondary N) is 2. The molecule has 4 atom stereocenters. The Hall–Kier alpha value is -1.74. The highest BCUT2D eigenvalue weighted by atomic mass is 32.2. The van der Waals surface area contributed by atoms with Crippen molar-refractivity contribution >= 4 is 20.0 Å². The summed E-state index contributed by atoms with van der Waals surface area (Å²) in [7, 11) is -6.41. The van der Waals surface area contributed by atoms with Gasteiger partial charge in [-0.1, -0.05) is 103 Å². The Morgan fingerprint density at radius 1 is 0.545 bits per heavy atom. The van der Waals surface area contributed by atoms with E-state index in [2.05, 4.69) is 99.5 Å². The molecule has 0 heterocycles. The van der Waals surface area contributed by atoms with Crippen molar-refractivity contribution in [1.82, 2.24) is 9.44 Å². The number of hydrogen-bond acceptors (Lipinski definition) is 4. The molecular weight excluding hydrogens is 589 g/mol. The zero-order valence-electron chi connectivity index (χ0n) is 28.8. The van der Waals surface area contributed by atoms with Crippen LogP contribution >= 0.6 is 0 Å². The molecule has 8 heteroatoms. The highest BCUT2D eigenvalue weighted by Crippen LogP contribution is 2.37. The first-order valence-corrected chi connectivity index (χ1v) is 19.5. The van der Waals surface area contributed by atoms with E-state index in [4.69, 9.17) is 0 Å². The lowest BCUT2D eigenvalue weighted by Gasteiger charge is -2.24. The van der Waals surface area contributed by atoms with Gasteiger partial charge < -0.3 is 0 Å². The summed E-state index contributed by atoms with van der Waals surface area (Å²) in [5.41, 5.74) is 5.42. The molecule has 6 nitrogen and oxygen atoms in total. The molecule has 0 aliphatic heterocycles. The summed E-state index contributed by atoms with van der Waals surface area (Å²) in [5, 5.41) is -0.756. The van der Waals surface area contributed by atoms with Crippen LogP contribution in [0.5, 0.6) is 0 Å². The predicted octanol–water partition coefficient (Wildman–Crippen LogP) is 7.90. The second kappa shape index (κ2) is 14.4. The molecule has 2 aromatic rings. The molecule has 0 saturated heterocycles. The first-order valence-electron chi connectivity index (χ1n) is 16.5. The van der Waals surface area contributed by atoms with Crippen LogP contribution in [0.25, 0.3) is 0 Å². The quantitative estimate of drug-likeness (QED) is 0.305. The molecule has 4 rings (SSSR count). The summed E-state index contributed by atoms with van der Waals surface area (Å²) in [5.74, 6) is 0.588. The molecule has 0 radical (unpaired) electrons. The Morgan fingerprint density at radius 3 is 1.09 bits per heavy atom. The topological polar surface area (TPSA) is 92.3 Å². The maximum absolute atomic E-state index is 12.1. The highest BCUT2D eigenvalue weighted by Gasteiger charge is 2.34. The van der Waals surface area contributed by atoms with Gasteiger partial charge in [-0.15, -0.1) is 0 Å². The average molecular weight is 647 g/mol. The van der Waals surface area contributed by atoms with E-state index in [0.717, 1.165) is 38.5 Å². The monoisotopic (exact) mass is 646 g/mol. The second-order valence-corrected chi connectivity index (χ2v) is 20.0. The Labute approximate surface area is 269 Å². The zero-order chi connectivity index (χ0) is 33.1. The van der Waals surface area contributed by atoms with Gasteiger partial charge in [0.2, 0.25) is 20.0 Å². The fraction of sp³-hybridized carbons (Fsp3) is 0.667. The van der Waals surface area contributed by atoms with Crippen molar-refractivity contribution in [2.45, 2.75) is 153 Å². The van der Waals surface area contributed by atoms with Gasteiger partial charge >= 0.3 is 0 Å². The third-order valence-electron chi connectivity index (χ3n) is 9.31. The molecular formula is C36H58N2O4S2. The van der Waals surface area contributed by atoms with Gasteiger partial charge in [0.1, 0.15) is 0 Å².